The van der Waals surface area contributed by atoms with E-state index in [1.165, 1.54) is 4.88 Å². The van der Waals surface area contributed by atoms with Crippen LogP contribution in [0.3, 0.4) is 0 Å². The van der Waals surface area contributed by atoms with E-state index in [0.29, 0.717) is 11.6 Å². The molecule has 20 heavy (non-hydrogen) atoms. The highest BCUT2D eigenvalue weighted by molar-refractivity contribution is 7.10. The van der Waals surface area contributed by atoms with E-state index in [1.807, 2.05) is 17.5 Å². The van der Waals surface area contributed by atoms with Crippen molar-refractivity contribution in [1.82, 2.24) is 15.5 Å². The molecule has 108 valence electrons. The summed E-state index contributed by atoms with van der Waals surface area (Å²) in [6.07, 6.45) is 1.95. The van der Waals surface area contributed by atoms with Crippen molar-refractivity contribution >= 4 is 17.2 Å². The number of H-pyrrole nitrogens is 1. The number of aryl methyl sites for hydroxylation is 1. The van der Waals surface area contributed by atoms with Crippen LogP contribution in [0.25, 0.3) is 0 Å². The number of thiophene rings is 1. The van der Waals surface area contributed by atoms with Gasteiger partial charge >= 0.3 is 0 Å². The van der Waals surface area contributed by atoms with Crippen molar-refractivity contribution < 1.29 is 4.79 Å². The van der Waals surface area contributed by atoms with Crippen LogP contribution in [0, 0.1) is 5.92 Å². The summed E-state index contributed by atoms with van der Waals surface area (Å²) in [5.74, 6) is 0.224. The Morgan fingerprint density at radius 3 is 2.90 bits per heavy atom. The third-order valence-corrected chi connectivity index (χ3v) is 4.14. The van der Waals surface area contributed by atoms with Gasteiger partial charge in [0.1, 0.15) is 5.69 Å². The molecule has 0 saturated carbocycles. The van der Waals surface area contributed by atoms with E-state index in [9.17, 15) is 4.79 Å². The molecular weight excluding hydrogens is 270 g/mol. The van der Waals surface area contributed by atoms with Gasteiger partial charge in [0.25, 0.3) is 5.91 Å². The maximum Gasteiger partial charge on any atom is 0.272 e. The van der Waals surface area contributed by atoms with Gasteiger partial charge in [0.15, 0.2) is 0 Å². The first-order valence-electron chi connectivity index (χ1n) is 7.00. The molecule has 2 rings (SSSR count). The summed E-state index contributed by atoms with van der Waals surface area (Å²) in [5, 5.41) is 12.1. The van der Waals surface area contributed by atoms with Crippen LogP contribution in [0.4, 0.5) is 0 Å². The maximum atomic E-state index is 12.3. The number of nitrogens with one attached hydrogen (secondary N) is 2. The Hall–Kier alpha value is -1.62. The molecule has 1 amide bonds. The Morgan fingerprint density at radius 2 is 2.30 bits per heavy atom. The van der Waals surface area contributed by atoms with Gasteiger partial charge in [-0.05, 0) is 29.9 Å². The first kappa shape index (κ1) is 14.8. The van der Waals surface area contributed by atoms with E-state index >= 15 is 0 Å². The number of amides is 1. The fourth-order valence-electron chi connectivity index (χ4n) is 2.13. The minimum absolute atomic E-state index is 0.0359. The Bertz CT molecular complexity index is 545. The van der Waals surface area contributed by atoms with E-state index in [2.05, 4.69) is 42.4 Å². The molecule has 2 heterocycles. The minimum atomic E-state index is -0.115. The summed E-state index contributed by atoms with van der Waals surface area (Å²) in [7, 11) is 0. The van der Waals surface area contributed by atoms with Gasteiger partial charge in [0.2, 0.25) is 0 Å². The standard InChI is InChI=1S/C15H21N3OS/c1-4-6-11-9-12(18-17-11)15(19)16-14(10(2)3)13-7-5-8-20-13/h5,7-10,14H,4,6H2,1-3H3,(H,16,19)(H,17,18). The molecule has 2 aromatic heterocycles. The highest BCUT2D eigenvalue weighted by atomic mass is 32.1. The topological polar surface area (TPSA) is 57.8 Å². The van der Waals surface area contributed by atoms with E-state index in [4.69, 9.17) is 0 Å². The van der Waals surface area contributed by atoms with Gasteiger partial charge in [0.05, 0.1) is 6.04 Å². The fraction of sp³-hybridized carbons (Fsp3) is 0.467. The molecule has 4 nitrogen and oxygen atoms in total. The molecule has 0 fully saturated rings. The molecule has 0 saturated heterocycles. The molecule has 1 atom stereocenters. The number of carbonyl (C=O) groups is 1. The smallest absolute Gasteiger partial charge is 0.272 e. The number of carbonyl (C=O) groups excluding carboxylic acids is 1. The molecule has 2 N–H and O–H groups in total. The first-order chi connectivity index (χ1) is 9.61. The van der Waals surface area contributed by atoms with Crippen LogP contribution < -0.4 is 5.32 Å². The lowest BCUT2D eigenvalue weighted by molar-refractivity contribution is 0.0921. The summed E-state index contributed by atoms with van der Waals surface area (Å²) < 4.78 is 0. The van der Waals surface area contributed by atoms with Gasteiger partial charge in [0, 0.05) is 10.6 Å². The summed E-state index contributed by atoms with van der Waals surface area (Å²) in [6, 6.07) is 5.94. The monoisotopic (exact) mass is 291 g/mol. The van der Waals surface area contributed by atoms with Gasteiger partial charge in [-0.2, -0.15) is 5.10 Å². The number of aromatic amines is 1. The van der Waals surface area contributed by atoms with Gasteiger partial charge in [-0.3, -0.25) is 9.89 Å². The van der Waals surface area contributed by atoms with Crippen LogP contribution in [0.2, 0.25) is 0 Å². The molecule has 0 aliphatic heterocycles. The third-order valence-electron chi connectivity index (χ3n) is 3.19. The SMILES string of the molecule is CCCc1cc(C(=O)NC(c2cccs2)C(C)C)n[nH]1. The second kappa shape index (κ2) is 6.70. The molecule has 0 aliphatic carbocycles. The Kier molecular flexibility index (Phi) is 4.95. The summed E-state index contributed by atoms with van der Waals surface area (Å²) in [5.41, 5.74) is 1.48. The number of aromatic nitrogens is 2. The van der Waals surface area contributed by atoms with E-state index < -0.39 is 0 Å². The largest absolute Gasteiger partial charge is 0.343 e. The van der Waals surface area contributed by atoms with Crippen LogP contribution in [0.15, 0.2) is 23.6 Å². The van der Waals surface area contributed by atoms with Crippen molar-refractivity contribution in [2.24, 2.45) is 5.92 Å². The van der Waals surface area contributed by atoms with Crippen molar-refractivity contribution in [2.45, 2.75) is 39.7 Å². The Labute approximate surface area is 123 Å². The maximum absolute atomic E-state index is 12.3. The first-order valence-corrected chi connectivity index (χ1v) is 7.88. The van der Waals surface area contributed by atoms with Crippen LogP contribution in [0.5, 0.6) is 0 Å². The zero-order chi connectivity index (χ0) is 14.5. The van der Waals surface area contributed by atoms with Crippen molar-refractivity contribution in [3.63, 3.8) is 0 Å². The van der Waals surface area contributed by atoms with Gasteiger partial charge in [-0.25, -0.2) is 0 Å². The summed E-state index contributed by atoms with van der Waals surface area (Å²) >= 11 is 1.67. The van der Waals surface area contributed by atoms with E-state index in [-0.39, 0.29) is 11.9 Å². The Morgan fingerprint density at radius 1 is 1.50 bits per heavy atom. The van der Waals surface area contributed by atoms with Crippen molar-refractivity contribution in [2.75, 3.05) is 0 Å². The molecule has 1 unspecified atom stereocenters. The Balaban J connectivity index is 2.08. The molecular formula is C15H21N3OS. The molecule has 5 heteroatoms. The molecule has 0 bridgehead atoms. The van der Waals surface area contributed by atoms with Crippen molar-refractivity contribution in [3.8, 4) is 0 Å². The molecule has 0 radical (unpaired) electrons. The zero-order valence-corrected chi connectivity index (χ0v) is 13.0. The predicted octanol–water partition coefficient (Wildman–Crippen LogP) is 3.55. The average Bonchev–Trinajstić information content (AvgIpc) is 3.06. The van der Waals surface area contributed by atoms with Crippen LogP contribution in [0.1, 0.15) is 54.3 Å². The lowest BCUT2D eigenvalue weighted by atomic mass is 10.0. The third kappa shape index (κ3) is 3.48. The summed E-state index contributed by atoms with van der Waals surface area (Å²) in [4.78, 5) is 13.5. The highest BCUT2D eigenvalue weighted by Gasteiger charge is 2.21. The van der Waals surface area contributed by atoms with Gasteiger partial charge in [-0.15, -0.1) is 11.3 Å². The van der Waals surface area contributed by atoms with Crippen LogP contribution in [-0.2, 0) is 6.42 Å². The number of nitrogens with zero attached hydrogens (tertiary/aromatic N) is 1. The number of rotatable bonds is 6. The zero-order valence-electron chi connectivity index (χ0n) is 12.1. The van der Waals surface area contributed by atoms with Crippen molar-refractivity contribution in [3.05, 3.63) is 39.8 Å². The lowest BCUT2D eigenvalue weighted by Crippen LogP contribution is -2.31. The van der Waals surface area contributed by atoms with E-state index in [0.717, 1.165) is 18.5 Å². The molecule has 0 spiro atoms. The second-order valence-electron chi connectivity index (χ2n) is 5.24. The molecule has 2 aromatic rings. The fourth-order valence-corrected chi connectivity index (χ4v) is 3.07. The average molecular weight is 291 g/mol. The van der Waals surface area contributed by atoms with Crippen LogP contribution in [-0.4, -0.2) is 16.1 Å². The predicted molar refractivity (Wildman–Crippen MR) is 81.9 cm³/mol. The lowest BCUT2D eigenvalue weighted by Gasteiger charge is -2.20. The second-order valence-corrected chi connectivity index (χ2v) is 6.22. The quantitative estimate of drug-likeness (QED) is 0.855. The van der Waals surface area contributed by atoms with Crippen LogP contribution >= 0.6 is 11.3 Å². The van der Waals surface area contributed by atoms with Gasteiger partial charge < -0.3 is 5.32 Å². The minimum Gasteiger partial charge on any atom is -0.343 e. The van der Waals surface area contributed by atoms with Crippen molar-refractivity contribution in [1.29, 1.82) is 0 Å². The number of hydrogen-bond acceptors (Lipinski definition) is 3. The summed E-state index contributed by atoms with van der Waals surface area (Å²) in [6.45, 7) is 6.32. The molecule has 0 aliphatic rings. The molecule has 0 aromatic carbocycles. The normalized spacial score (nSPS) is 12.6. The highest BCUT2D eigenvalue weighted by Crippen LogP contribution is 2.26. The van der Waals surface area contributed by atoms with E-state index in [1.54, 1.807) is 11.3 Å². The number of hydrogen-bond donors (Lipinski definition) is 2. The van der Waals surface area contributed by atoms with Gasteiger partial charge in [-0.1, -0.05) is 33.3 Å².